The van der Waals surface area contributed by atoms with Crippen LogP contribution in [0.2, 0.25) is 0 Å². The van der Waals surface area contributed by atoms with Crippen LogP contribution >= 0.6 is 0 Å². The summed E-state index contributed by atoms with van der Waals surface area (Å²) in [6.45, 7) is 2.87. The molecule has 6 aromatic carbocycles. The number of aromatic nitrogens is 6. The molecule has 9 heteroatoms. The first-order chi connectivity index (χ1) is 33.9. The molecule has 9 nitrogen and oxygen atoms in total. The van der Waals surface area contributed by atoms with E-state index in [1.807, 2.05) is 72.8 Å². The van der Waals surface area contributed by atoms with Gasteiger partial charge in [-0.3, -0.25) is 0 Å². The number of terminal acetylenes is 6. The largest absolute Gasteiger partial charge is 0.463 e. The second-order valence-corrected chi connectivity index (χ2v) is 16.5. The van der Waals surface area contributed by atoms with Crippen LogP contribution in [0.15, 0.2) is 109 Å². The van der Waals surface area contributed by atoms with Crippen LogP contribution in [0.1, 0.15) is 52.6 Å². The van der Waals surface area contributed by atoms with Gasteiger partial charge in [0.15, 0.2) is 0 Å². The summed E-state index contributed by atoms with van der Waals surface area (Å²) in [4.78, 5) is 13.7. The molecule has 0 amide bonds. The summed E-state index contributed by atoms with van der Waals surface area (Å²) in [5.74, 6) is 16.5. The molecule has 4 aromatic heterocycles. The molecule has 10 rings (SSSR count). The van der Waals surface area contributed by atoms with Crippen molar-refractivity contribution in [2.24, 2.45) is 0 Å². The molecule has 0 aliphatic rings. The molecule has 10 aromatic rings. The van der Waals surface area contributed by atoms with Crippen molar-refractivity contribution in [1.29, 1.82) is 0 Å². The molecular formula is C60H42N6O3. The predicted octanol–water partition coefficient (Wildman–Crippen LogP) is 10.5. The maximum atomic E-state index is 6.23. The number of hydrogen-bond acceptors (Lipinski definition) is 6. The van der Waals surface area contributed by atoms with E-state index in [-0.39, 0.29) is 18.0 Å². The second kappa shape index (κ2) is 18.8. The van der Waals surface area contributed by atoms with Gasteiger partial charge in [-0.05, 0) is 128 Å². The van der Waals surface area contributed by atoms with Crippen LogP contribution in [0.4, 0.5) is 0 Å². The van der Waals surface area contributed by atoms with Crippen molar-refractivity contribution >= 4 is 65.4 Å². The topological polar surface area (TPSA) is 81.1 Å². The van der Waals surface area contributed by atoms with Gasteiger partial charge in [0.25, 0.3) is 0 Å². The Morgan fingerprint density at radius 2 is 0.522 bits per heavy atom. The van der Waals surface area contributed by atoms with Crippen LogP contribution < -0.4 is 14.2 Å². The Kier molecular flexibility index (Phi) is 11.8. The lowest BCUT2D eigenvalue weighted by atomic mass is 10.1. The van der Waals surface area contributed by atoms with E-state index < -0.39 is 0 Å². The zero-order valence-electron chi connectivity index (χ0n) is 37.6. The van der Waals surface area contributed by atoms with Crippen LogP contribution in [0.25, 0.3) is 65.4 Å². The highest BCUT2D eigenvalue weighted by atomic mass is 16.5. The first kappa shape index (κ1) is 43.4. The summed E-state index contributed by atoms with van der Waals surface area (Å²) in [6, 6.07) is 36.5. The molecule has 0 unspecified atom stereocenters. The summed E-state index contributed by atoms with van der Waals surface area (Å²) >= 11 is 0. The van der Waals surface area contributed by atoms with E-state index in [4.69, 9.17) is 52.8 Å². The van der Waals surface area contributed by atoms with Crippen LogP contribution in [0.5, 0.6) is 18.0 Å². The molecule has 0 fully saturated rings. The third-order valence-corrected chi connectivity index (χ3v) is 12.4. The van der Waals surface area contributed by atoms with E-state index in [0.29, 0.717) is 58.7 Å². The maximum Gasteiger partial charge on any atom is 0.325 e. The Morgan fingerprint density at radius 1 is 0.319 bits per heavy atom. The number of ether oxygens (including phenoxy) is 3. The van der Waals surface area contributed by atoms with Gasteiger partial charge in [-0.2, -0.15) is 0 Å². The highest BCUT2D eigenvalue weighted by molar-refractivity contribution is 6.11. The predicted molar refractivity (Wildman–Crippen MR) is 276 cm³/mol. The van der Waals surface area contributed by atoms with Gasteiger partial charge in [-0.1, -0.05) is 35.5 Å². The molecule has 0 saturated heterocycles. The summed E-state index contributed by atoms with van der Waals surface area (Å²) in [5, 5.41) is 6.27. The smallest absolute Gasteiger partial charge is 0.325 e. The van der Waals surface area contributed by atoms with Crippen LogP contribution in [-0.2, 0) is 19.6 Å². The fraction of sp³-hybridized carbons (Fsp3) is 0.150. The van der Waals surface area contributed by atoms with Gasteiger partial charge < -0.3 is 27.9 Å². The quantitative estimate of drug-likeness (QED) is 0.0753. The molecule has 0 N–H and O–H groups in total. The second-order valence-electron chi connectivity index (χ2n) is 16.5. The minimum atomic E-state index is 0.0987. The average Bonchev–Trinajstić information content (AvgIpc) is 4.00. The number of nitrogens with zero attached hydrogens (tertiary/aromatic N) is 6. The average molecular weight is 895 g/mol. The summed E-state index contributed by atoms with van der Waals surface area (Å²) in [7, 11) is 0. The summed E-state index contributed by atoms with van der Waals surface area (Å²) in [5.41, 5.74) is 11.1. The Balaban J connectivity index is 0.870. The fourth-order valence-electron chi connectivity index (χ4n) is 9.25. The normalized spacial score (nSPS) is 11.0. The van der Waals surface area contributed by atoms with Crippen molar-refractivity contribution in [2.45, 2.75) is 38.9 Å². The van der Waals surface area contributed by atoms with Crippen LogP contribution in [0.3, 0.4) is 0 Å². The van der Waals surface area contributed by atoms with Crippen molar-refractivity contribution < 1.29 is 14.2 Å². The molecule has 69 heavy (non-hydrogen) atoms. The highest BCUT2D eigenvalue weighted by Gasteiger charge is 2.17. The molecule has 4 heterocycles. The number of fused-ring (bicyclic) bond motifs is 9. The van der Waals surface area contributed by atoms with Crippen molar-refractivity contribution in [3.8, 4) is 92.1 Å². The SMILES string of the molecule is C#Cc1ccc2c(c1)c1cc(C#C)ccc1n2CCCOc1nc(OCCCn2c3ccc(C#C)cc3c3cc(C#C)ccc32)nc(OCCCn2c3ccc(C#C)cc3c3cc(C#C)ccc32)n1. The molecular weight excluding hydrogens is 853 g/mol. The molecule has 0 spiro atoms. The first-order valence-electron chi connectivity index (χ1n) is 22.5. The van der Waals surface area contributed by atoms with Gasteiger partial charge >= 0.3 is 18.0 Å². The maximum absolute atomic E-state index is 6.23. The van der Waals surface area contributed by atoms with Crippen molar-refractivity contribution in [3.05, 3.63) is 143 Å². The zero-order chi connectivity index (χ0) is 47.4. The van der Waals surface area contributed by atoms with Gasteiger partial charge in [0.05, 0.1) is 19.8 Å². The molecule has 330 valence electrons. The van der Waals surface area contributed by atoms with E-state index in [1.165, 1.54) is 0 Å². The number of rotatable bonds is 15. The molecule has 0 bridgehead atoms. The lowest BCUT2D eigenvalue weighted by molar-refractivity contribution is 0.226. The van der Waals surface area contributed by atoms with Crippen molar-refractivity contribution in [2.75, 3.05) is 19.8 Å². The minimum Gasteiger partial charge on any atom is -0.463 e. The Bertz CT molecular complexity index is 3320. The molecule has 0 aliphatic carbocycles. The van der Waals surface area contributed by atoms with Gasteiger partial charge in [-0.15, -0.1) is 53.5 Å². The minimum absolute atomic E-state index is 0.0987. The Morgan fingerprint density at radius 3 is 0.710 bits per heavy atom. The Labute approximate surface area is 400 Å². The van der Waals surface area contributed by atoms with E-state index in [9.17, 15) is 0 Å². The zero-order valence-corrected chi connectivity index (χ0v) is 37.6. The van der Waals surface area contributed by atoms with Gasteiger partial charge in [0.2, 0.25) is 0 Å². The van der Waals surface area contributed by atoms with Crippen LogP contribution in [0, 0.1) is 74.1 Å². The summed E-state index contributed by atoms with van der Waals surface area (Å²) < 4.78 is 25.4. The van der Waals surface area contributed by atoms with Gasteiger partial charge in [0, 0.05) is 118 Å². The fourth-order valence-corrected chi connectivity index (χ4v) is 9.25. The highest BCUT2D eigenvalue weighted by Crippen LogP contribution is 2.34. The molecule has 0 radical (unpaired) electrons. The summed E-state index contributed by atoms with van der Waals surface area (Å²) in [6.07, 6.45) is 36.6. The van der Waals surface area contributed by atoms with Gasteiger partial charge in [-0.25, -0.2) is 0 Å². The van der Waals surface area contributed by atoms with E-state index in [0.717, 1.165) is 98.8 Å². The molecule has 0 aliphatic heterocycles. The third-order valence-electron chi connectivity index (χ3n) is 12.4. The molecule has 0 saturated carbocycles. The Hall–Kier alpha value is -9.51. The van der Waals surface area contributed by atoms with E-state index in [2.05, 4.69) is 101 Å². The number of hydrogen-bond donors (Lipinski definition) is 0. The number of aryl methyl sites for hydroxylation is 3. The van der Waals surface area contributed by atoms with Crippen LogP contribution in [-0.4, -0.2) is 48.5 Å². The standard InChI is InChI=1S/C60H42N6O3/c1-7-40-16-22-52-46(34-40)47-35-41(8-2)17-23-53(47)64(52)28-13-31-67-58-61-59(68-32-14-29-65-54-24-18-42(9-3)36-48(54)49-37-43(10-4)19-25-55(49)65)63-60(62-58)69-33-15-30-66-56-26-20-44(11-5)38-50(56)51-39-45(12-6)21-27-57(51)66/h1-6,16-27,34-39H,13-15,28-33H2. The van der Waals surface area contributed by atoms with Crippen molar-refractivity contribution in [1.82, 2.24) is 28.7 Å². The third kappa shape index (κ3) is 8.35. The van der Waals surface area contributed by atoms with Gasteiger partial charge in [0.1, 0.15) is 0 Å². The van der Waals surface area contributed by atoms with E-state index in [1.54, 1.807) is 0 Å². The monoisotopic (exact) mass is 894 g/mol. The first-order valence-corrected chi connectivity index (χ1v) is 22.5. The van der Waals surface area contributed by atoms with Crippen molar-refractivity contribution in [3.63, 3.8) is 0 Å². The molecule has 0 atom stereocenters. The van der Waals surface area contributed by atoms with E-state index >= 15 is 0 Å². The lowest BCUT2D eigenvalue weighted by Crippen LogP contribution is -2.12. The number of benzene rings is 6. The lowest BCUT2D eigenvalue weighted by Gasteiger charge is -2.12.